The first kappa shape index (κ1) is 21.0. The lowest BCUT2D eigenvalue weighted by molar-refractivity contribution is -0.115. The number of rotatable bonds is 9. The Kier molecular flexibility index (Phi) is 6.57. The van der Waals surface area contributed by atoms with E-state index in [-0.39, 0.29) is 17.5 Å². The van der Waals surface area contributed by atoms with Crippen molar-refractivity contribution in [3.63, 3.8) is 0 Å². The Morgan fingerprint density at radius 3 is 2.23 bits per heavy atom. The monoisotopic (exact) mass is 408 g/mol. The molecule has 3 aromatic rings. The van der Waals surface area contributed by atoms with Crippen molar-refractivity contribution in [1.82, 2.24) is 0 Å². The van der Waals surface area contributed by atoms with E-state index < -0.39 is 0 Å². The number of Topliss-reactive ketones (excluding diaryl/α,β-unsaturated/α-hetero) is 2. The third kappa shape index (κ3) is 4.59. The number of fused-ring (bicyclic) bond motifs is 1. The van der Waals surface area contributed by atoms with E-state index in [1.54, 1.807) is 0 Å². The topological polar surface area (TPSA) is 34.1 Å². The molecule has 3 aromatic carbocycles. The summed E-state index contributed by atoms with van der Waals surface area (Å²) in [5.41, 5.74) is 6.58. The molecule has 4 rings (SSSR count). The van der Waals surface area contributed by atoms with Crippen molar-refractivity contribution in [2.75, 3.05) is 0 Å². The third-order valence-electron chi connectivity index (χ3n) is 6.05. The summed E-state index contributed by atoms with van der Waals surface area (Å²) in [5.74, 6) is -0.527. The molecule has 0 saturated carbocycles. The Labute approximate surface area is 184 Å². The van der Waals surface area contributed by atoms with Gasteiger partial charge < -0.3 is 0 Å². The summed E-state index contributed by atoms with van der Waals surface area (Å²) >= 11 is 0. The zero-order valence-corrected chi connectivity index (χ0v) is 18.0. The second kappa shape index (κ2) is 9.70. The first-order valence-electron chi connectivity index (χ1n) is 11.2. The quantitative estimate of drug-likeness (QED) is 0.215. The normalized spacial score (nSPS) is 14.7. The van der Waals surface area contributed by atoms with Gasteiger partial charge in [0.05, 0.1) is 0 Å². The van der Waals surface area contributed by atoms with Gasteiger partial charge in [0.15, 0.2) is 0 Å². The molecule has 1 aliphatic carbocycles. The average Bonchev–Trinajstić information content (AvgIpc) is 3.21. The number of hydrogen-bond acceptors (Lipinski definition) is 2. The summed E-state index contributed by atoms with van der Waals surface area (Å²) in [5, 5.41) is 0. The predicted octanol–water partition coefficient (Wildman–Crippen LogP) is 7.09. The van der Waals surface area contributed by atoms with Gasteiger partial charge in [-0.25, -0.2) is 0 Å². The van der Waals surface area contributed by atoms with Crippen LogP contribution < -0.4 is 0 Å². The average molecular weight is 409 g/mol. The SMILES string of the molecule is CCCCCCC(=O)C(=O)c1ccc(C2C(c3ccccc3)=Cc3ccccc32)cc1. The lowest BCUT2D eigenvalue weighted by Gasteiger charge is -2.18. The lowest BCUT2D eigenvalue weighted by atomic mass is 9.85. The number of ketones is 2. The van der Waals surface area contributed by atoms with Crippen LogP contribution in [0.2, 0.25) is 0 Å². The second-order valence-corrected chi connectivity index (χ2v) is 8.21. The minimum Gasteiger partial charge on any atom is -0.290 e. The van der Waals surface area contributed by atoms with Crippen molar-refractivity contribution in [3.05, 3.63) is 107 Å². The highest BCUT2D eigenvalue weighted by molar-refractivity contribution is 6.43. The number of hydrogen-bond donors (Lipinski definition) is 0. The van der Waals surface area contributed by atoms with Crippen LogP contribution in [0.25, 0.3) is 11.6 Å². The van der Waals surface area contributed by atoms with E-state index in [2.05, 4.69) is 61.5 Å². The fraction of sp³-hybridized carbons (Fsp3) is 0.241. The molecule has 0 fully saturated rings. The van der Waals surface area contributed by atoms with Gasteiger partial charge in [-0.2, -0.15) is 0 Å². The minimum atomic E-state index is -0.367. The molecule has 31 heavy (non-hydrogen) atoms. The summed E-state index contributed by atoms with van der Waals surface area (Å²) < 4.78 is 0. The summed E-state index contributed by atoms with van der Waals surface area (Å²) in [6, 6.07) is 26.5. The Hall–Kier alpha value is -3.26. The molecule has 0 aliphatic heterocycles. The molecular weight excluding hydrogens is 380 g/mol. The molecule has 2 nitrogen and oxygen atoms in total. The van der Waals surface area contributed by atoms with Crippen molar-refractivity contribution >= 4 is 23.2 Å². The molecule has 1 atom stereocenters. The van der Waals surface area contributed by atoms with Crippen LogP contribution in [-0.2, 0) is 4.79 Å². The van der Waals surface area contributed by atoms with E-state index in [0.717, 1.165) is 31.2 Å². The van der Waals surface area contributed by atoms with E-state index in [0.29, 0.717) is 12.0 Å². The molecule has 2 heteroatoms. The minimum absolute atomic E-state index is 0.118. The molecule has 0 N–H and O–H groups in total. The van der Waals surface area contributed by atoms with Crippen LogP contribution in [0.15, 0.2) is 78.9 Å². The van der Waals surface area contributed by atoms with E-state index in [9.17, 15) is 9.59 Å². The molecule has 0 spiro atoms. The van der Waals surface area contributed by atoms with Crippen LogP contribution in [0.1, 0.15) is 77.6 Å². The first-order chi connectivity index (χ1) is 15.2. The van der Waals surface area contributed by atoms with E-state index in [4.69, 9.17) is 0 Å². The molecular formula is C29H28O2. The molecule has 0 amide bonds. The Morgan fingerprint density at radius 1 is 0.774 bits per heavy atom. The van der Waals surface area contributed by atoms with E-state index >= 15 is 0 Å². The van der Waals surface area contributed by atoms with Crippen molar-refractivity contribution in [3.8, 4) is 0 Å². The molecule has 1 unspecified atom stereocenters. The van der Waals surface area contributed by atoms with Crippen LogP contribution in [-0.4, -0.2) is 11.6 Å². The molecule has 0 aromatic heterocycles. The van der Waals surface area contributed by atoms with Gasteiger partial charge in [-0.15, -0.1) is 0 Å². The predicted molar refractivity (Wildman–Crippen MR) is 127 cm³/mol. The highest BCUT2D eigenvalue weighted by Gasteiger charge is 2.27. The van der Waals surface area contributed by atoms with Gasteiger partial charge in [-0.05, 0) is 40.3 Å². The van der Waals surface area contributed by atoms with Crippen LogP contribution in [0.5, 0.6) is 0 Å². The van der Waals surface area contributed by atoms with Gasteiger partial charge in [0.1, 0.15) is 0 Å². The fourth-order valence-electron chi connectivity index (χ4n) is 4.38. The highest BCUT2D eigenvalue weighted by Crippen LogP contribution is 2.45. The third-order valence-corrected chi connectivity index (χ3v) is 6.05. The van der Waals surface area contributed by atoms with Gasteiger partial charge in [-0.1, -0.05) is 105 Å². The summed E-state index contributed by atoms with van der Waals surface area (Å²) in [4.78, 5) is 24.9. The van der Waals surface area contributed by atoms with Crippen molar-refractivity contribution < 1.29 is 9.59 Å². The smallest absolute Gasteiger partial charge is 0.228 e. The van der Waals surface area contributed by atoms with Gasteiger partial charge in [0, 0.05) is 17.9 Å². The Morgan fingerprint density at radius 2 is 1.48 bits per heavy atom. The van der Waals surface area contributed by atoms with Crippen LogP contribution >= 0.6 is 0 Å². The maximum Gasteiger partial charge on any atom is 0.228 e. The first-order valence-corrected chi connectivity index (χ1v) is 11.2. The van der Waals surface area contributed by atoms with E-state index in [1.807, 2.05) is 30.3 Å². The van der Waals surface area contributed by atoms with Crippen molar-refractivity contribution in [1.29, 1.82) is 0 Å². The maximum absolute atomic E-state index is 12.6. The standard InChI is InChI=1S/C29H28O2/c1-2-3-4-8-15-27(30)29(31)23-18-16-22(17-19-23)28-25-14-10-9-13-24(25)20-26(28)21-11-6-5-7-12-21/h5-7,9-14,16-20,28H,2-4,8,15H2,1H3. The zero-order valence-electron chi connectivity index (χ0n) is 18.0. The van der Waals surface area contributed by atoms with Crippen molar-refractivity contribution in [2.24, 2.45) is 0 Å². The number of allylic oxidation sites excluding steroid dienone is 1. The summed E-state index contributed by atoms with van der Waals surface area (Å²) in [7, 11) is 0. The van der Waals surface area contributed by atoms with Gasteiger partial charge >= 0.3 is 0 Å². The molecule has 156 valence electrons. The van der Waals surface area contributed by atoms with Gasteiger partial charge in [0.2, 0.25) is 11.6 Å². The summed E-state index contributed by atoms with van der Waals surface area (Å²) in [6.45, 7) is 2.13. The Balaban J connectivity index is 1.57. The molecule has 0 heterocycles. The molecule has 1 aliphatic rings. The number of unbranched alkanes of at least 4 members (excludes halogenated alkanes) is 3. The maximum atomic E-state index is 12.6. The molecule has 0 bridgehead atoms. The Bertz CT molecular complexity index is 1090. The van der Waals surface area contributed by atoms with E-state index in [1.165, 1.54) is 22.3 Å². The fourth-order valence-corrected chi connectivity index (χ4v) is 4.38. The largest absolute Gasteiger partial charge is 0.290 e. The lowest BCUT2D eigenvalue weighted by Crippen LogP contribution is -2.14. The van der Waals surface area contributed by atoms with Gasteiger partial charge in [0.25, 0.3) is 0 Å². The number of carbonyl (C=O) groups excluding carboxylic acids is 2. The van der Waals surface area contributed by atoms with Gasteiger partial charge in [-0.3, -0.25) is 9.59 Å². The van der Waals surface area contributed by atoms with Crippen LogP contribution in [0.3, 0.4) is 0 Å². The zero-order chi connectivity index (χ0) is 21.6. The molecule has 0 radical (unpaired) electrons. The van der Waals surface area contributed by atoms with Crippen LogP contribution in [0.4, 0.5) is 0 Å². The number of carbonyl (C=O) groups is 2. The summed E-state index contributed by atoms with van der Waals surface area (Å²) in [6.07, 6.45) is 6.63. The van der Waals surface area contributed by atoms with Crippen LogP contribution in [0, 0.1) is 0 Å². The number of benzene rings is 3. The molecule has 0 saturated heterocycles. The second-order valence-electron chi connectivity index (χ2n) is 8.21. The van der Waals surface area contributed by atoms with Crippen molar-refractivity contribution in [2.45, 2.75) is 44.9 Å². The highest BCUT2D eigenvalue weighted by atomic mass is 16.2.